The molecule has 1 amide bonds. The molecule has 0 unspecified atom stereocenters. The van der Waals surface area contributed by atoms with Crippen molar-refractivity contribution in [1.82, 2.24) is 24.9 Å². The quantitative estimate of drug-likeness (QED) is 0.906. The van der Waals surface area contributed by atoms with Crippen LogP contribution in [0.2, 0.25) is 0 Å². The van der Waals surface area contributed by atoms with Crippen LogP contribution < -0.4 is 5.32 Å². The first kappa shape index (κ1) is 15.7. The molecule has 124 valence electrons. The van der Waals surface area contributed by atoms with Crippen LogP contribution in [0.25, 0.3) is 0 Å². The second kappa shape index (κ2) is 6.54. The minimum atomic E-state index is -0.138. The summed E-state index contributed by atoms with van der Waals surface area (Å²) in [7, 11) is 1.83. The van der Waals surface area contributed by atoms with E-state index < -0.39 is 0 Å². The zero-order valence-corrected chi connectivity index (χ0v) is 13.8. The van der Waals surface area contributed by atoms with Crippen LogP contribution in [0, 0.1) is 0 Å². The first-order valence-electron chi connectivity index (χ1n) is 8.09. The minimum Gasteiger partial charge on any atom is -0.371 e. The zero-order valence-electron chi connectivity index (χ0n) is 13.8. The van der Waals surface area contributed by atoms with Gasteiger partial charge in [0.15, 0.2) is 0 Å². The Bertz CT molecular complexity index is 690. The van der Waals surface area contributed by atoms with E-state index in [0.717, 1.165) is 30.6 Å². The number of aromatic nitrogens is 4. The number of nitrogens with zero attached hydrogens (tertiary/aromatic N) is 4. The monoisotopic (exact) mass is 317 g/mol. The van der Waals surface area contributed by atoms with Crippen molar-refractivity contribution in [1.29, 1.82) is 0 Å². The Morgan fingerprint density at radius 1 is 1.43 bits per heavy atom. The van der Waals surface area contributed by atoms with Gasteiger partial charge < -0.3 is 10.1 Å². The highest BCUT2D eigenvalue weighted by Crippen LogP contribution is 2.29. The predicted octanol–water partition coefficient (Wildman–Crippen LogP) is 1.46. The Kier molecular flexibility index (Phi) is 4.47. The molecule has 0 saturated carbocycles. The van der Waals surface area contributed by atoms with Gasteiger partial charge in [0.2, 0.25) is 0 Å². The normalized spacial score (nSPS) is 20.8. The third-order valence-corrected chi connectivity index (χ3v) is 4.20. The zero-order chi connectivity index (χ0) is 16.4. The van der Waals surface area contributed by atoms with Crippen molar-refractivity contribution in [3.8, 4) is 0 Å². The molecule has 0 spiro atoms. The van der Waals surface area contributed by atoms with Crippen molar-refractivity contribution in [2.45, 2.75) is 45.4 Å². The number of ether oxygens (including phenoxy) is 1. The van der Waals surface area contributed by atoms with E-state index in [4.69, 9.17) is 4.74 Å². The van der Waals surface area contributed by atoms with Crippen LogP contribution in [0.3, 0.4) is 0 Å². The summed E-state index contributed by atoms with van der Waals surface area (Å²) in [6.07, 6.45) is 6.97. The molecule has 3 heterocycles. The summed E-state index contributed by atoms with van der Waals surface area (Å²) in [6, 6.07) is -0.0399. The van der Waals surface area contributed by atoms with Gasteiger partial charge in [0.05, 0.1) is 23.5 Å². The second-order valence-electron chi connectivity index (χ2n) is 5.81. The molecule has 1 aliphatic rings. The van der Waals surface area contributed by atoms with Crippen molar-refractivity contribution in [2.24, 2.45) is 7.05 Å². The number of nitrogens with one attached hydrogen (secondary N) is 1. The summed E-state index contributed by atoms with van der Waals surface area (Å²) in [5.74, 6) is -0.0849. The lowest BCUT2D eigenvalue weighted by molar-refractivity contribution is 0.0820. The molecule has 1 fully saturated rings. The van der Waals surface area contributed by atoms with E-state index in [2.05, 4.69) is 15.5 Å². The van der Waals surface area contributed by atoms with Gasteiger partial charge in [0.1, 0.15) is 6.10 Å². The molecule has 0 bridgehead atoms. The third kappa shape index (κ3) is 3.14. The highest BCUT2D eigenvalue weighted by atomic mass is 16.5. The largest absolute Gasteiger partial charge is 0.371 e. The minimum absolute atomic E-state index is 0.0399. The summed E-state index contributed by atoms with van der Waals surface area (Å²) in [5, 5.41) is 11.7. The van der Waals surface area contributed by atoms with Crippen LogP contribution in [-0.2, 0) is 24.8 Å². The van der Waals surface area contributed by atoms with Crippen LogP contribution in [0.4, 0.5) is 0 Å². The second-order valence-corrected chi connectivity index (χ2v) is 5.81. The molecule has 2 aromatic heterocycles. The fourth-order valence-electron chi connectivity index (χ4n) is 3.00. The number of amides is 1. The van der Waals surface area contributed by atoms with Gasteiger partial charge in [-0.1, -0.05) is 6.92 Å². The van der Waals surface area contributed by atoms with Gasteiger partial charge in [-0.3, -0.25) is 14.2 Å². The van der Waals surface area contributed by atoms with Crippen LogP contribution in [-0.4, -0.2) is 38.1 Å². The lowest BCUT2D eigenvalue weighted by Crippen LogP contribution is -2.37. The average Bonchev–Trinajstić information content (AvgIpc) is 3.25. The summed E-state index contributed by atoms with van der Waals surface area (Å²) in [5.41, 5.74) is 2.47. The van der Waals surface area contributed by atoms with Crippen LogP contribution >= 0.6 is 0 Å². The van der Waals surface area contributed by atoms with Gasteiger partial charge in [-0.25, -0.2) is 0 Å². The topological polar surface area (TPSA) is 74.0 Å². The van der Waals surface area contributed by atoms with Crippen LogP contribution in [0.15, 0.2) is 18.6 Å². The molecular formula is C16H23N5O2. The number of rotatable bonds is 5. The molecule has 7 nitrogen and oxygen atoms in total. The molecule has 0 aliphatic carbocycles. The standard InChI is InChI=1S/C16H23N5O2/c1-4-13-12(10-20(3)19-13)16(22)18-14-6-7-23-15(14)11-8-17-21(5-2)9-11/h8-10,14-15H,4-7H2,1-3H3,(H,18,22)/t14-,15+/m0/s1. The van der Waals surface area contributed by atoms with E-state index in [-0.39, 0.29) is 18.1 Å². The molecule has 1 saturated heterocycles. The Morgan fingerprint density at radius 3 is 2.96 bits per heavy atom. The summed E-state index contributed by atoms with van der Waals surface area (Å²) in [6.45, 7) is 5.50. The first-order chi connectivity index (χ1) is 11.1. The molecule has 7 heteroatoms. The maximum absolute atomic E-state index is 12.6. The third-order valence-electron chi connectivity index (χ3n) is 4.20. The van der Waals surface area contributed by atoms with E-state index in [9.17, 15) is 4.79 Å². The van der Waals surface area contributed by atoms with E-state index in [1.165, 1.54) is 0 Å². The SMILES string of the molecule is CCc1nn(C)cc1C(=O)N[C@H]1CCO[C@@H]1c1cnn(CC)c1. The average molecular weight is 317 g/mol. The summed E-state index contributed by atoms with van der Waals surface area (Å²) >= 11 is 0. The number of hydrogen-bond donors (Lipinski definition) is 1. The van der Waals surface area contributed by atoms with Gasteiger partial charge in [-0.2, -0.15) is 10.2 Å². The lowest BCUT2D eigenvalue weighted by atomic mass is 10.0. The molecule has 0 aromatic carbocycles. The molecule has 1 aliphatic heterocycles. The van der Waals surface area contributed by atoms with Crippen LogP contribution in [0.1, 0.15) is 48.0 Å². The van der Waals surface area contributed by atoms with Gasteiger partial charge >= 0.3 is 0 Å². The van der Waals surface area contributed by atoms with E-state index in [1.54, 1.807) is 10.9 Å². The predicted molar refractivity (Wildman–Crippen MR) is 85.1 cm³/mol. The van der Waals surface area contributed by atoms with Gasteiger partial charge in [0, 0.05) is 38.2 Å². The molecule has 1 N–H and O–H groups in total. The van der Waals surface area contributed by atoms with E-state index >= 15 is 0 Å². The molecule has 23 heavy (non-hydrogen) atoms. The first-order valence-corrected chi connectivity index (χ1v) is 8.09. The molecular weight excluding hydrogens is 294 g/mol. The Hall–Kier alpha value is -2.15. The maximum Gasteiger partial charge on any atom is 0.255 e. The Balaban J connectivity index is 1.74. The van der Waals surface area contributed by atoms with Crippen molar-refractivity contribution in [3.63, 3.8) is 0 Å². The fourth-order valence-corrected chi connectivity index (χ4v) is 3.00. The van der Waals surface area contributed by atoms with Crippen molar-refractivity contribution >= 4 is 5.91 Å². The number of hydrogen-bond acceptors (Lipinski definition) is 4. The lowest BCUT2D eigenvalue weighted by Gasteiger charge is -2.18. The smallest absolute Gasteiger partial charge is 0.255 e. The van der Waals surface area contributed by atoms with Crippen LogP contribution in [0.5, 0.6) is 0 Å². The van der Waals surface area contributed by atoms with Crippen molar-refractivity contribution in [2.75, 3.05) is 6.61 Å². The molecule has 0 radical (unpaired) electrons. The van der Waals surface area contributed by atoms with Crippen molar-refractivity contribution < 1.29 is 9.53 Å². The summed E-state index contributed by atoms with van der Waals surface area (Å²) < 4.78 is 9.37. The molecule has 3 rings (SSSR count). The highest BCUT2D eigenvalue weighted by molar-refractivity contribution is 5.95. The number of carbonyl (C=O) groups is 1. The Labute approximate surface area is 135 Å². The Morgan fingerprint density at radius 2 is 2.26 bits per heavy atom. The highest BCUT2D eigenvalue weighted by Gasteiger charge is 2.32. The number of aryl methyl sites for hydroxylation is 3. The van der Waals surface area contributed by atoms with Gasteiger partial charge in [-0.15, -0.1) is 0 Å². The van der Waals surface area contributed by atoms with Gasteiger partial charge in [-0.05, 0) is 19.8 Å². The van der Waals surface area contributed by atoms with Crippen molar-refractivity contribution in [3.05, 3.63) is 35.4 Å². The van der Waals surface area contributed by atoms with Gasteiger partial charge in [0.25, 0.3) is 5.91 Å². The fraction of sp³-hybridized carbons (Fsp3) is 0.562. The van der Waals surface area contributed by atoms with E-state index in [0.29, 0.717) is 12.2 Å². The molecule has 2 aromatic rings. The number of carbonyl (C=O) groups excluding carboxylic acids is 1. The maximum atomic E-state index is 12.6. The molecule has 2 atom stereocenters. The summed E-state index contributed by atoms with van der Waals surface area (Å²) in [4.78, 5) is 12.6. The van der Waals surface area contributed by atoms with E-state index in [1.807, 2.05) is 38.0 Å².